The molecule has 116 valence electrons. The molecule has 3 N–H and O–H groups in total. The van der Waals surface area contributed by atoms with Gasteiger partial charge in [-0.2, -0.15) is 0 Å². The quantitative estimate of drug-likeness (QED) is 0.614. The van der Waals surface area contributed by atoms with Gasteiger partial charge in [-0.15, -0.1) is 0 Å². The Kier molecular flexibility index (Phi) is 6.02. The van der Waals surface area contributed by atoms with E-state index < -0.39 is 12.0 Å². The van der Waals surface area contributed by atoms with Crippen molar-refractivity contribution in [3.63, 3.8) is 0 Å². The number of carbonyl (C=O) groups excluding carboxylic acids is 2. The van der Waals surface area contributed by atoms with Crippen molar-refractivity contribution in [2.75, 3.05) is 20.0 Å². The molecule has 2 atom stereocenters. The highest BCUT2D eigenvalue weighted by molar-refractivity contribution is 5.97. The van der Waals surface area contributed by atoms with Crippen molar-refractivity contribution in [2.45, 2.75) is 26.3 Å². The van der Waals surface area contributed by atoms with E-state index in [0.29, 0.717) is 17.0 Å². The number of carbonyl (C=O) groups is 2. The first kappa shape index (κ1) is 16.8. The number of esters is 1. The van der Waals surface area contributed by atoms with E-state index in [1.54, 1.807) is 12.1 Å². The summed E-state index contributed by atoms with van der Waals surface area (Å²) in [5, 5.41) is 2.70. The van der Waals surface area contributed by atoms with Gasteiger partial charge in [0, 0.05) is 5.56 Å². The summed E-state index contributed by atoms with van der Waals surface area (Å²) < 4.78 is 9.82. The van der Waals surface area contributed by atoms with Gasteiger partial charge in [0.25, 0.3) is 5.91 Å². The highest BCUT2D eigenvalue weighted by atomic mass is 16.5. The molecule has 6 nitrogen and oxygen atoms in total. The average molecular weight is 294 g/mol. The number of ether oxygens (including phenoxy) is 2. The number of hydrogen-bond acceptors (Lipinski definition) is 5. The number of methoxy groups -OCH3 is 2. The second kappa shape index (κ2) is 7.52. The molecule has 1 amide bonds. The number of nitrogen functional groups attached to an aromatic ring is 1. The molecular weight excluding hydrogens is 272 g/mol. The summed E-state index contributed by atoms with van der Waals surface area (Å²) in [6.45, 7) is 3.82. The van der Waals surface area contributed by atoms with Crippen LogP contribution in [0.5, 0.6) is 5.75 Å². The van der Waals surface area contributed by atoms with Crippen LogP contribution in [0.1, 0.15) is 30.6 Å². The number of rotatable bonds is 6. The SMILES string of the molecule is CCC(C)C(NC(=O)c1ccc(N)c(OC)c1)C(=O)OC. The van der Waals surface area contributed by atoms with Crippen LogP contribution in [0.25, 0.3) is 0 Å². The maximum atomic E-state index is 12.3. The fourth-order valence-corrected chi connectivity index (χ4v) is 1.87. The van der Waals surface area contributed by atoms with E-state index in [4.69, 9.17) is 15.2 Å². The van der Waals surface area contributed by atoms with E-state index >= 15 is 0 Å². The molecule has 0 heterocycles. The van der Waals surface area contributed by atoms with E-state index in [1.807, 2.05) is 13.8 Å². The molecule has 21 heavy (non-hydrogen) atoms. The summed E-state index contributed by atoms with van der Waals surface area (Å²) in [5.41, 5.74) is 6.53. The van der Waals surface area contributed by atoms with Crippen molar-refractivity contribution in [1.29, 1.82) is 0 Å². The van der Waals surface area contributed by atoms with Gasteiger partial charge in [-0.05, 0) is 24.1 Å². The Bertz CT molecular complexity index is 516. The largest absolute Gasteiger partial charge is 0.495 e. The Morgan fingerprint density at radius 3 is 2.52 bits per heavy atom. The smallest absolute Gasteiger partial charge is 0.328 e. The fourth-order valence-electron chi connectivity index (χ4n) is 1.87. The molecule has 2 unspecified atom stereocenters. The van der Waals surface area contributed by atoms with Gasteiger partial charge in [-0.1, -0.05) is 20.3 Å². The third kappa shape index (κ3) is 4.11. The van der Waals surface area contributed by atoms with Crippen LogP contribution in [0.2, 0.25) is 0 Å². The van der Waals surface area contributed by atoms with E-state index in [0.717, 1.165) is 6.42 Å². The molecule has 0 bridgehead atoms. The first-order chi connectivity index (χ1) is 9.94. The van der Waals surface area contributed by atoms with Gasteiger partial charge in [0.2, 0.25) is 0 Å². The summed E-state index contributed by atoms with van der Waals surface area (Å²) in [7, 11) is 2.78. The van der Waals surface area contributed by atoms with Crippen molar-refractivity contribution in [1.82, 2.24) is 5.32 Å². The van der Waals surface area contributed by atoms with Crippen LogP contribution in [0.15, 0.2) is 18.2 Å². The highest BCUT2D eigenvalue weighted by Crippen LogP contribution is 2.22. The zero-order valence-electron chi connectivity index (χ0n) is 12.8. The number of nitrogens with one attached hydrogen (secondary N) is 1. The molecule has 1 aromatic rings. The summed E-state index contributed by atoms with van der Waals surface area (Å²) in [5.74, 6) is -0.443. The highest BCUT2D eigenvalue weighted by Gasteiger charge is 2.27. The summed E-state index contributed by atoms with van der Waals surface area (Å²) in [6.07, 6.45) is 0.741. The van der Waals surface area contributed by atoms with Crippen molar-refractivity contribution in [2.24, 2.45) is 5.92 Å². The van der Waals surface area contributed by atoms with Crippen LogP contribution in [0, 0.1) is 5.92 Å². The Balaban J connectivity index is 2.94. The van der Waals surface area contributed by atoms with Crippen LogP contribution >= 0.6 is 0 Å². The molecule has 0 aliphatic rings. The van der Waals surface area contributed by atoms with Gasteiger partial charge >= 0.3 is 5.97 Å². The molecule has 1 rings (SSSR count). The molecule has 0 saturated carbocycles. The lowest BCUT2D eigenvalue weighted by Gasteiger charge is -2.22. The molecule has 0 aromatic heterocycles. The number of anilines is 1. The molecule has 0 fully saturated rings. The molecule has 0 spiro atoms. The predicted octanol–water partition coefficient (Wildman–Crippen LogP) is 1.59. The molecule has 0 radical (unpaired) electrons. The van der Waals surface area contributed by atoms with Gasteiger partial charge in [0.15, 0.2) is 0 Å². The molecule has 0 saturated heterocycles. The zero-order chi connectivity index (χ0) is 16.0. The maximum Gasteiger partial charge on any atom is 0.328 e. The van der Waals surface area contributed by atoms with Crippen LogP contribution in [-0.4, -0.2) is 32.1 Å². The monoisotopic (exact) mass is 294 g/mol. The van der Waals surface area contributed by atoms with Crippen LogP contribution in [0.3, 0.4) is 0 Å². The normalized spacial score (nSPS) is 13.1. The van der Waals surface area contributed by atoms with Crippen molar-refractivity contribution in [3.8, 4) is 5.75 Å². The fraction of sp³-hybridized carbons (Fsp3) is 0.467. The van der Waals surface area contributed by atoms with Gasteiger partial charge in [0.1, 0.15) is 11.8 Å². The first-order valence-corrected chi connectivity index (χ1v) is 6.76. The molecule has 6 heteroatoms. The minimum atomic E-state index is -0.684. The van der Waals surface area contributed by atoms with Gasteiger partial charge in [-0.3, -0.25) is 4.79 Å². The second-order valence-corrected chi connectivity index (χ2v) is 4.82. The average Bonchev–Trinajstić information content (AvgIpc) is 2.51. The lowest BCUT2D eigenvalue weighted by atomic mass is 9.99. The van der Waals surface area contributed by atoms with E-state index in [2.05, 4.69) is 5.32 Å². The van der Waals surface area contributed by atoms with Crippen LogP contribution < -0.4 is 15.8 Å². The Hall–Kier alpha value is -2.24. The third-order valence-electron chi connectivity index (χ3n) is 3.45. The molecule has 1 aromatic carbocycles. The first-order valence-electron chi connectivity index (χ1n) is 6.76. The van der Waals surface area contributed by atoms with E-state index in [1.165, 1.54) is 20.3 Å². The van der Waals surface area contributed by atoms with Gasteiger partial charge < -0.3 is 20.5 Å². The number of amides is 1. The van der Waals surface area contributed by atoms with Crippen molar-refractivity contribution < 1.29 is 19.1 Å². The Morgan fingerprint density at radius 1 is 1.33 bits per heavy atom. The summed E-state index contributed by atoms with van der Waals surface area (Å²) in [6, 6.07) is 4.02. The summed E-state index contributed by atoms with van der Waals surface area (Å²) >= 11 is 0. The molecule has 0 aliphatic carbocycles. The zero-order valence-corrected chi connectivity index (χ0v) is 12.8. The number of hydrogen-bond donors (Lipinski definition) is 2. The summed E-state index contributed by atoms with van der Waals surface area (Å²) in [4.78, 5) is 24.0. The maximum absolute atomic E-state index is 12.3. The molecule has 0 aliphatic heterocycles. The number of benzene rings is 1. The Labute approximate surface area is 124 Å². The standard InChI is InChI=1S/C15H22N2O4/c1-5-9(2)13(15(19)21-4)17-14(18)10-6-7-11(16)12(8-10)20-3/h6-9,13H,5,16H2,1-4H3,(H,17,18). The van der Waals surface area contributed by atoms with E-state index in [9.17, 15) is 9.59 Å². The van der Waals surface area contributed by atoms with Gasteiger partial charge in [0.05, 0.1) is 19.9 Å². The van der Waals surface area contributed by atoms with Crippen molar-refractivity contribution >= 4 is 17.6 Å². The van der Waals surface area contributed by atoms with E-state index in [-0.39, 0.29) is 11.8 Å². The number of nitrogens with two attached hydrogens (primary N) is 1. The topological polar surface area (TPSA) is 90.7 Å². The van der Waals surface area contributed by atoms with Crippen LogP contribution in [-0.2, 0) is 9.53 Å². The lowest BCUT2D eigenvalue weighted by Crippen LogP contribution is -2.45. The predicted molar refractivity (Wildman–Crippen MR) is 80.1 cm³/mol. The minimum absolute atomic E-state index is 0.0305. The molecular formula is C15H22N2O4. The second-order valence-electron chi connectivity index (χ2n) is 4.82. The lowest BCUT2D eigenvalue weighted by molar-refractivity contribution is -0.144. The van der Waals surface area contributed by atoms with Crippen LogP contribution in [0.4, 0.5) is 5.69 Å². The Morgan fingerprint density at radius 2 is 2.00 bits per heavy atom. The van der Waals surface area contributed by atoms with Gasteiger partial charge in [-0.25, -0.2) is 4.79 Å². The third-order valence-corrected chi connectivity index (χ3v) is 3.45. The minimum Gasteiger partial charge on any atom is -0.495 e. The van der Waals surface area contributed by atoms with Crippen molar-refractivity contribution in [3.05, 3.63) is 23.8 Å².